The van der Waals surface area contributed by atoms with Crippen LogP contribution >= 0.6 is 0 Å². The summed E-state index contributed by atoms with van der Waals surface area (Å²) in [6, 6.07) is 17.9. The van der Waals surface area contributed by atoms with Crippen LogP contribution in [-0.4, -0.2) is 34.8 Å². The van der Waals surface area contributed by atoms with Crippen molar-refractivity contribution in [3.63, 3.8) is 0 Å². The van der Waals surface area contributed by atoms with E-state index < -0.39 is 17.0 Å². The van der Waals surface area contributed by atoms with Gasteiger partial charge in [-0.2, -0.15) is 0 Å². The number of carbonyl (C=O) groups is 1. The highest BCUT2D eigenvalue weighted by Crippen LogP contribution is 2.34. The molecule has 8 heteroatoms. The fourth-order valence-corrected chi connectivity index (χ4v) is 6.85. The highest BCUT2D eigenvalue weighted by atomic mass is 32.2. The van der Waals surface area contributed by atoms with E-state index in [4.69, 9.17) is 0 Å². The second-order valence-corrected chi connectivity index (χ2v) is 12.6. The average Bonchev–Trinajstić information content (AvgIpc) is 3.41. The molecule has 4 rings (SSSR count). The van der Waals surface area contributed by atoms with Crippen LogP contribution < -0.4 is 0 Å². The lowest BCUT2D eigenvalue weighted by atomic mass is 9.84. The largest absolute Gasteiger partial charge is 0.481 e. The summed E-state index contributed by atoms with van der Waals surface area (Å²) in [4.78, 5) is 12.4. The molecule has 7 nitrogen and oxygen atoms in total. The van der Waals surface area contributed by atoms with Gasteiger partial charge in [-0.1, -0.05) is 87.2 Å². The Labute approximate surface area is 258 Å². The molecule has 3 aromatic carbocycles. The van der Waals surface area contributed by atoms with Crippen molar-refractivity contribution in [2.75, 3.05) is 0 Å². The smallest absolute Gasteiger partial charge is 0.304 e. The lowest BCUT2D eigenvalue weighted by Crippen LogP contribution is -2.10. The van der Waals surface area contributed by atoms with E-state index >= 15 is 0 Å². The molecule has 0 amide bonds. The number of nitrogens with zero attached hydrogens (tertiary/aromatic N) is 3. The van der Waals surface area contributed by atoms with Gasteiger partial charge in [0.25, 0.3) is 0 Å². The maximum Gasteiger partial charge on any atom is 0.304 e. The summed E-state index contributed by atoms with van der Waals surface area (Å²) in [5.74, 6) is -0.471. The summed E-state index contributed by atoms with van der Waals surface area (Å²) in [5.41, 5.74) is 8.27. The Balaban J connectivity index is 1.37. The van der Waals surface area contributed by atoms with E-state index in [9.17, 15) is 18.7 Å². The van der Waals surface area contributed by atoms with Gasteiger partial charge in [0.2, 0.25) is 0 Å². The first-order valence-corrected chi connectivity index (χ1v) is 16.7. The minimum Gasteiger partial charge on any atom is -0.481 e. The average molecular weight is 604 g/mol. The highest BCUT2D eigenvalue weighted by molar-refractivity contribution is 7.79. The molecule has 0 aliphatic heterocycles. The van der Waals surface area contributed by atoms with Gasteiger partial charge in [0.05, 0.1) is 16.8 Å². The predicted octanol–water partition coefficient (Wildman–Crippen LogP) is 8.02. The Morgan fingerprint density at radius 1 is 0.977 bits per heavy atom. The second kappa shape index (κ2) is 15.4. The number of aromatic nitrogens is 3. The minimum atomic E-state index is -1.95. The fraction of sp³-hybridized carbons (Fsp3) is 0.457. The number of unbranched alkanes of at least 4 members (excludes halogenated alkanes) is 2. The number of aryl methyl sites for hydroxylation is 5. The monoisotopic (exact) mass is 603 g/mol. The first-order chi connectivity index (χ1) is 20.7. The number of carboxylic acids is 1. The number of aliphatic carboxylic acids is 1. The molecule has 1 heterocycles. The number of hydrogen-bond donors (Lipinski definition) is 2. The Morgan fingerprint density at radius 3 is 2.49 bits per heavy atom. The van der Waals surface area contributed by atoms with Crippen LogP contribution in [0.3, 0.4) is 0 Å². The van der Waals surface area contributed by atoms with Crippen molar-refractivity contribution in [3.05, 3.63) is 88.0 Å². The molecule has 2 N–H and O–H groups in total. The maximum atomic E-state index is 11.9. The number of carboxylic acid groups (broad SMARTS) is 1. The number of rotatable bonds is 16. The van der Waals surface area contributed by atoms with E-state index in [1.807, 2.05) is 35.9 Å². The van der Waals surface area contributed by atoms with Gasteiger partial charge in [-0.25, -0.2) is 8.89 Å². The first kappa shape index (κ1) is 32.6. The van der Waals surface area contributed by atoms with Gasteiger partial charge in [0.1, 0.15) is 5.52 Å². The lowest BCUT2D eigenvalue weighted by Gasteiger charge is -2.20. The van der Waals surface area contributed by atoms with Gasteiger partial charge in [-0.3, -0.25) is 4.79 Å². The molecule has 230 valence electrons. The molecule has 43 heavy (non-hydrogen) atoms. The summed E-state index contributed by atoms with van der Waals surface area (Å²) in [7, 11) is 0. The topological polar surface area (TPSA) is 105 Å². The Hall–Kier alpha value is -3.36. The van der Waals surface area contributed by atoms with Crippen molar-refractivity contribution < 1.29 is 18.7 Å². The number of fused-ring (bicyclic) bond motifs is 1. The maximum absolute atomic E-state index is 11.9. The van der Waals surface area contributed by atoms with Gasteiger partial charge in [-0.15, -0.1) is 5.10 Å². The zero-order chi connectivity index (χ0) is 30.9. The van der Waals surface area contributed by atoms with Crippen LogP contribution in [0.4, 0.5) is 0 Å². The Morgan fingerprint density at radius 2 is 1.77 bits per heavy atom. The Bertz CT molecular complexity index is 1560. The van der Waals surface area contributed by atoms with Gasteiger partial charge >= 0.3 is 5.97 Å². The summed E-state index contributed by atoms with van der Waals surface area (Å²) in [5, 5.41) is 18.7. The molecular formula is C35H45N3O4S. The summed E-state index contributed by atoms with van der Waals surface area (Å²) >= 11 is -1.95. The zero-order valence-electron chi connectivity index (χ0n) is 25.9. The van der Waals surface area contributed by atoms with Crippen molar-refractivity contribution in [3.8, 4) is 0 Å². The second-order valence-electron chi connectivity index (χ2n) is 11.7. The van der Waals surface area contributed by atoms with Crippen molar-refractivity contribution in [1.82, 2.24) is 15.0 Å². The molecular weight excluding hydrogens is 558 g/mol. The normalized spacial score (nSPS) is 13.7. The van der Waals surface area contributed by atoms with E-state index in [2.05, 4.69) is 55.3 Å². The van der Waals surface area contributed by atoms with Crippen LogP contribution in [0.25, 0.3) is 11.0 Å². The van der Waals surface area contributed by atoms with Crippen molar-refractivity contribution in [1.29, 1.82) is 0 Å². The number of hydrogen-bond acceptors (Lipinski definition) is 4. The molecule has 0 aliphatic carbocycles. The molecule has 0 bridgehead atoms. The van der Waals surface area contributed by atoms with Crippen LogP contribution in [0.15, 0.2) is 59.5 Å². The third-order valence-corrected chi connectivity index (χ3v) is 9.71. The van der Waals surface area contributed by atoms with Gasteiger partial charge < -0.3 is 9.66 Å². The molecule has 0 aliphatic rings. The van der Waals surface area contributed by atoms with Crippen LogP contribution in [0.2, 0.25) is 0 Å². The molecule has 0 radical (unpaired) electrons. The highest BCUT2D eigenvalue weighted by Gasteiger charge is 2.23. The van der Waals surface area contributed by atoms with Crippen LogP contribution in [0.5, 0.6) is 0 Å². The van der Waals surface area contributed by atoms with E-state index in [-0.39, 0.29) is 12.3 Å². The van der Waals surface area contributed by atoms with E-state index in [1.165, 1.54) is 11.1 Å². The van der Waals surface area contributed by atoms with Crippen molar-refractivity contribution in [2.24, 2.45) is 5.92 Å². The zero-order valence-corrected chi connectivity index (χ0v) is 26.7. The van der Waals surface area contributed by atoms with E-state index in [0.29, 0.717) is 10.8 Å². The number of benzene rings is 3. The third kappa shape index (κ3) is 8.18. The Kier molecular flexibility index (Phi) is 11.7. The molecule has 1 aromatic heterocycles. The SMILES string of the molecule is CCc1cc(C(CC(=O)O)c2ccc3c(nnn3CCCCCC(CC)CCc3ccccc3S(=O)O)c2C)ccc1C. The standard InChI is InChI=1S/C35H45N3O4S/c1-5-26(16-18-28-13-9-10-14-33(28)43(41)42)12-8-7-11-21-38-32-20-19-30(25(4)35(32)36-37-38)31(23-34(39)40)29-17-15-24(3)27(6-2)22-29/h9-10,13-15,17,19-20,22,26,31H,5-8,11-12,16,18,21,23H2,1-4H3,(H,39,40)(H,41,42). The lowest BCUT2D eigenvalue weighted by molar-refractivity contribution is -0.137. The van der Waals surface area contributed by atoms with Crippen molar-refractivity contribution >= 4 is 28.1 Å². The molecule has 0 saturated carbocycles. The molecule has 4 aromatic rings. The van der Waals surface area contributed by atoms with Crippen molar-refractivity contribution in [2.45, 2.75) is 103 Å². The van der Waals surface area contributed by atoms with Crippen LogP contribution in [0, 0.1) is 19.8 Å². The van der Waals surface area contributed by atoms with E-state index in [1.54, 1.807) is 6.07 Å². The molecule has 0 spiro atoms. The predicted molar refractivity (Wildman–Crippen MR) is 173 cm³/mol. The quantitative estimate of drug-likeness (QED) is 0.0993. The van der Waals surface area contributed by atoms with Gasteiger partial charge in [0, 0.05) is 12.5 Å². The van der Waals surface area contributed by atoms with E-state index in [0.717, 1.165) is 91.2 Å². The van der Waals surface area contributed by atoms with Gasteiger partial charge in [-0.05, 0) is 91.0 Å². The van der Waals surface area contributed by atoms with Gasteiger partial charge in [0.15, 0.2) is 11.1 Å². The first-order valence-electron chi connectivity index (χ1n) is 15.6. The molecule has 3 atom stereocenters. The minimum absolute atomic E-state index is 0.0267. The summed E-state index contributed by atoms with van der Waals surface area (Å²) in [6.07, 6.45) is 8.26. The van der Waals surface area contributed by atoms with Crippen LogP contribution in [0.1, 0.15) is 98.1 Å². The molecule has 0 fully saturated rings. The summed E-state index contributed by atoms with van der Waals surface area (Å²) < 4.78 is 23.2. The molecule has 3 unspecified atom stereocenters. The van der Waals surface area contributed by atoms with Crippen LogP contribution in [-0.2, 0) is 35.3 Å². The fourth-order valence-electron chi connectivity index (χ4n) is 6.26. The summed E-state index contributed by atoms with van der Waals surface area (Å²) in [6.45, 7) is 9.26. The molecule has 0 saturated heterocycles. The third-order valence-electron chi connectivity index (χ3n) is 8.94.